The molecule has 0 unspecified atom stereocenters. The molecular weight excluding hydrogens is 392 g/mol. The SMILES string of the molecule is COc1ccc(-c2nnc(S(=O)(=O)CC(=O)Nc3cc(C)on3)o2)cc1OC. The Kier molecular flexibility index (Phi) is 5.31. The topological polar surface area (TPSA) is 147 Å². The number of benzene rings is 1. The van der Waals surface area contributed by atoms with E-state index in [-0.39, 0.29) is 11.7 Å². The molecule has 12 heteroatoms. The molecule has 1 aromatic carbocycles. The van der Waals surface area contributed by atoms with Crippen LogP contribution >= 0.6 is 0 Å². The van der Waals surface area contributed by atoms with Gasteiger partial charge >= 0.3 is 5.22 Å². The summed E-state index contributed by atoms with van der Waals surface area (Å²) >= 11 is 0. The first-order chi connectivity index (χ1) is 13.3. The summed E-state index contributed by atoms with van der Waals surface area (Å²) in [4.78, 5) is 11.9. The molecule has 0 aliphatic carbocycles. The number of carbonyl (C=O) groups is 1. The Hall–Kier alpha value is -3.41. The molecule has 0 fully saturated rings. The number of nitrogens with one attached hydrogen (secondary N) is 1. The summed E-state index contributed by atoms with van der Waals surface area (Å²) in [6, 6.07) is 6.22. The second-order valence-corrected chi connectivity index (χ2v) is 7.44. The van der Waals surface area contributed by atoms with Gasteiger partial charge < -0.3 is 23.7 Å². The first-order valence-electron chi connectivity index (χ1n) is 7.84. The molecule has 0 aliphatic heterocycles. The third kappa shape index (κ3) is 4.11. The predicted octanol–water partition coefficient (Wildman–Crippen LogP) is 1.46. The summed E-state index contributed by atoms with van der Waals surface area (Å²) in [5.74, 6) is -0.301. The van der Waals surface area contributed by atoms with E-state index in [0.29, 0.717) is 22.8 Å². The normalized spacial score (nSPS) is 11.2. The number of carbonyl (C=O) groups excluding carboxylic acids is 1. The average molecular weight is 408 g/mol. The van der Waals surface area contributed by atoms with Crippen molar-refractivity contribution in [2.75, 3.05) is 25.3 Å². The van der Waals surface area contributed by atoms with E-state index in [0.717, 1.165) is 0 Å². The molecule has 0 saturated carbocycles. The molecule has 11 nitrogen and oxygen atoms in total. The van der Waals surface area contributed by atoms with Crippen molar-refractivity contribution in [3.05, 3.63) is 30.0 Å². The largest absolute Gasteiger partial charge is 0.493 e. The molecule has 0 spiro atoms. The van der Waals surface area contributed by atoms with Gasteiger partial charge in [-0.15, -0.1) is 5.10 Å². The lowest BCUT2D eigenvalue weighted by Crippen LogP contribution is -2.23. The molecule has 0 aliphatic rings. The number of methoxy groups -OCH3 is 2. The number of nitrogens with zero attached hydrogens (tertiary/aromatic N) is 3. The average Bonchev–Trinajstić information content (AvgIpc) is 3.30. The van der Waals surface area contributed by atoms with Gasteiger partial charge in [0, 0.05) is 11.6 Å². The first kappa shape index (κ1) is 19.4. The van der Waals surface area contributed by atoms with Crippen LogP contribution in [0.15, 0.2) is 38.4 Å². The number of amides is 1. The maximum Gasteiger partial charge on any atom is 0.336 e. The fourth-order valence-electron chi connectivity index (χ4n) is 2.26. The molecule has 2 aromatic heterocycles. The molecule has 3 aromatic rings. The van der Waals surface area contributed by atoms with E-state index in [2.05, 4.69) is 20.7 Å². The summed E-state index contributed by atoms with van der Waals surface area (Å²) < 4.78 is 45.1. The standard InChI is InChI=1S/C16H16N4O7S/c1-9-6-13(20-27-9)17-14(21)8-28(22,23)16-19-18-15(26-16)10-4-5-11(24-2)12(7-10)25-3/h4-7H,8H2,1-3H3,(H,17,20,21). The number of aromatic nitrogens is 3. The minimum Gasteiger partial charge on any atom is -0.493 e. The molecule has 0 radical (unpaired) electrons. The number of anilines is 1. The molecule has 0 bridgehead atoms. The van der Waals surface area contributed by atoms with E-state index >= 15 is 0 Å². The summed E-state index contributed by atoms with van der Waals surface area (Å²) in [5.41, 5.74) is 0.425. The molecule has 3 rings (SSSR count). The number of aryl methyl sites for hydroxylation is 1. The van der Waals surface area contributed by atoms with Gasteiger partial charge in [0.2, 0.25) is 21.6 Å². The maximum absolute atomic E-state index is 12.4. The summed E-state index contributed by atoms with van der Waals surface area (Å²) in [6.45, 7) is 1.63. The Morgan fingerprint density at radius 2 is 1.89 bits per heavy atom. The first-order valence-corrected chi connectivity index (χ1v) is 9.49. The third-order valence-corrected chi connectivity index (χ3v) is 4.86. The molecule has 148 valence electrons. The van der Waals surface area contributed by atoms with Gasteiger partial charge in [0.1, 0.15) is 11.5 Å². The monoisotopic (exact) mass is 408 g/mol. The van der Waals surface area contributed by atoms with Gasteiger partial charge in [-0.25, -0.2) is 8.42 Å². The zero-order valence-corrected chi connectivity index (χ0v) is 15.9. The highest BCUT2D eigenvalue weighted by atomic mass is 32.2. The van der Waals surface area contributed by atoms with Crippen LogP contribution in [0, 0.1) is 6.92 Å². The second-order valence-electron chi connectivity index (χ2n) is 5.57. The van der Waals surface area contributed by atoms with Crippen LogP contribution in [-0.2, 0) is 14.6 Å². The van der Waals surface area contributed by atoms with Gasteiger partial charge in [0.25, 0.3) is 0 Å². The lowest BCUT2D eigenvalue weighted by molar-refractivity contribution is -0.113. The maximum atomic E-state index is 12.4. The lowest BCUT2D eigenvalue weighted by Gasteiger charge is -2.07. The fourth-order valence-corrected chi connectivity index (χ4v) is 3.17. The van der Waals surface area contributed by atoms with E-state index in [1.807, 2.05) is 0 Å². The highest BCUT2D eigenvalue weighted by Gasteiger charge is 2.27. The Morgan fingerprint density at radius 3 is 2.54 bits per heavy atom. The third-order valence-electron chi connectivity index (χ3n) is 3.52. The summed E-state index contributed by atoms with van der Waals surface area (Å²) in [7, 11) is -1.21. The van der Waals surface area contributed by atoms with Crippen molar-refractivity contribution in [2.45, 2.75) is 12.1 Å². The van der Waals surface area contributed by atoms with E-state index in [1.54, 1.807) is 25.1 Å². The quantitative estimate of drug-likeness (QED) is 0.609. The zero-order chi connectivity index (χ0) is 20.3. The van der Waals surface area contributed by atoms with Crippen molar-refractivity contribution in [1.82, 2.24) is 15.4 Å². The van der Waals surface area contributed by atoms with Gasteiger partial charge in [-0.3, -0.25) is 4.79 Å². The smallest absolute Gasteiger partial charge is 0.336 e. The molecule has 28 heavy (non-hydrogen) atoms. The van der Waals surface area contributed by atoms with Crippen LogP contribution in [0.2, 0.25) is 0 Å². The van der Waals surface area contributed by atoms with E-state index in [1.165, 1.54) is 20.3 Å². The minimum absolute atomic E-state index is 0.0490. The number of sulfone groups is 1. The van der Waals surface area contributed by atoms with Gasteiger partial charge in [0.15, 0.2) is 17.3 Å². The lowest BCUT2D eigenvalue weighted by atomic mass is 10.2. The van der Waals surface area contributed by atoms with Crippen LogP contribution in [0.1, 0.15) is 5.76 Å². The fraction of sp³-hybridized carbons (Fsp3) is 0.250. The zero-order valence-electron chi connectivity index (χ0n) is 15.1. The van der Waals surface area contributed by atoms with Gasteiger partial charge in [-0.05, 0) is 25.1 Å². The van der Waals surface area contributed by atoms with Gasteiger partial charge in [0.05, 0.1) is 14.2 Å². The van der Waals surface area contributed by atoms with Crippen molar-refractivity contribution in [2.24, 2.45) is 0 Å². The van der Waals surface area contributed by atoms with Crippen LogP contribution < -0.4 is 14.8 Å². The number of hydrogen-bond acceptors (Lipinski definition) is 10. The van der Waals surface area contributed by atoms with E-state index in [9.17, 15) is 13.2 Å². The number of hydrogen-bond donors (Lipinski definition) is 1. The van der Waals surface area contributed by atoms with Crippen LogP contribution in [0.4, 0.5) is 5.82 Å². The van der Waals surface area contributed by atoms with Crippen LogP contribution in [0.5, 0.6) is 11.5 Å². The Balaban J connectivity index is 1.77. The van der Waals surface area contributed by atoms with E-state index in [4.69, 9.17) is 18.4 Å². The Bertz CT molecular complexity index is 1100. The number of ether oxygens (including phenoxy) is 2. The van der Waals surface area contributed by atoms with Crippen LogP contribution in [0.25, 0.3) is 11.5 Å². The second kappa shape index (κ2) is 7.68. The van der Waals surface area contributed by atoms with Gasteiger partial charge in [-0.2, -0.15) is 0 Å². The van der Waals surface area contributed by atoms with Crippen molar-refractivity contribution < 1.29 is 31.6 Å². The van der Waals surface area contributed by atoms with Gasteiger partial charge in [-0.1, -0.05) is 10.3 Å². The summed E-state index contributed by atoms with van der Waals surface area (Å²) in [6.07, 6.45) is 0. The van der Waals surface area contributed by atoms with Crippen LogP contribution in [-0.4, -0.2) is 49.7 Å². The van der Waals surface area contributed by atoms with Crippen LogP contribution in [0.3, 0.4) is 0 Å². The predicted molar refractivity (Wildman–Crippen MR) is 94.8 cm³/mol. The molecule has 1 amide bonds. The number of rotatable bonds is 7. The molecular formula is C16H16N4O7S. The highest BCUT2D eigenvalue weighted by molar-refractivity contribution is 7.91. The molecule has 0 saturated heterocycles. The summed E-state index contributed by atoms with van der Waals surface area (Å²) in [5, 5.41) is 12.5. The molecule has 2 heterocycles. The van der Waals surface area contributed by atoms with Crippen molar-refractivity contribution in [3.8, 4) is 23.0 Å². The van der Waals surface area contributed by atoms with E-state index < -0.39 is 26.7 Å². The Labute approximate surface area is 159 Å². The van der Waals surface area contributed by atoms with Crippen molar-refractivity contribution in [3.63, 3.8) is 0 Å². The van der Waals surface area contributed by atoms with Crippen molar-refractivity contribution >= 4 is 21.6 Å². The van der Waals surface area contributed by atoms with Crippen molar-refractivity contribution in [1.29, 1.82) is 0 Å². The molecule has 1 N–H and O–H groups in total. The molecule has 0 atom stereocenters. The minimum atomic E-state index is -4.16. The highest BCUT2D eigenvalue weighted by Crippen LogP contribution is 2.32. The Morgan fingerprint density at radius 1 is 1.14 bits per heavy atom.